The van der Waals surface area contributed by atoms with Crippen LogP contribution in [0.3, 0.4) is 0 Å². The van der Waals surface area contributed by atoms with E-state index in [1.54, 1.807) is 0 Å². The van der Waals surface area contributed by atoms with Crippen LogP contribution in [0.4, 0.5) is 5.82 Å². The smallest absolute Gasteiger partial charge is 0.133 e. The molecule has 0 unspecified atom stereocenters. The Morgan fingerprint density at radius 2 is 2.33 bits per heavy atom. The van der Waals surface area contributed by atoms with Crippen molar-refractivity contribution >= 4 is 17.6 Å². The molecule has 0 aliphatic heterocycles. The van der Waals surface area contributed by atoms with Gasteiger partial charge in [0.15, 0.2) is 0 Å². The minimum absolute atomic E-state index is 0.0328. The van der Waals surface area contributed by atoms with Crippen molar-refractivity contribution in [2.75, 3.05) is 30.5 Å². The lowest BCUT2D eigenvalue weighted by atomic mass is 10.1. The van der Waals surface area contributed by atoms with Crippen LogP contribution in [0.1, 0.15) is 18.5 Å². The topological polar surface area (TPSA) is 42.2 Å². The lowest BCUT2D eigenvalue weighted by Crippen LogP contribution is -2.24. The van der Waals surface area contributed by atoms with Gasteiger partial charge in [-0.1, -0.05) is 6.07 Å². The van der Waals surface area contributed by atoms with Crippen molar-refractivity contribution in [1.82, 2.24) is 4.98 Å². The third kappa shape index (κ3) is 3.39. The molecule has 0 radical (unpaired) electrons. The minimum atomic E-state index is 0.0328. The second-order valence-corrected chi connectivity index (χ2v) is 4.60. The van der Waals surface area contributed by atoms with E-state index in [1.165, 1.54) is 0 Å². The molecule has 1 atom stereocenters. The number of hydrogen-bond donors (Lipinski definition) is 1. The number of nitrogens with zero attached hydrogens (tertiary/aromatic N) is 2. The average molecular weight is 225 g/mol. The first-order valence-electron chi connectivity index (χ1n) is 5.07. The van der Waals surface area contributed by atoms with Crippen molar-refractivity contribution in [3.05, 3.63) is 23.9 Å². The van der Waals surface area contributed by atoms with Crippen LogP contribution in [0.15, 0.2) is 18.3 Å². The lowest BCUT2D eigenvalue weighted by Gasteiger charge is -2.22. The molecule has 2 N–H and O–H groups in total. The molecule has 0 fully saturated rings. The molecule has 0 aliphatic rings. The van der Waals surface area contributed by atoms with Crippen LogP contribution < -0.4 is 10.6 Å². The molecule has 3 nitrogen and oxygen atoms in total. The van der Waals surface area contributed by atoms with Gasteiger partial charge in [0.2, 0.25) is 0 Å². The van der Waals surface area contributed by atoms with Crippen LogP contribution in [0.5, 0.6) is 0 Å². The zero-order chi connectivity index (χ0) is 11.3. The molecule has 0 aliphatic carbocycles. The maximum absolute atomic E-state index is 5.91. The van der Waals surface area contributed by atoms with Crippen molar-refractivity contribution in [2.45, 2.75) is 13.0 Å². The van der Waals surface area contributed by atoms with E-state index in [0.29, 0.717) is 0 Å². The van der Waals surface area contributed by atoms with Gasteiger partial charge in [-0.05, 0) is 19.2 Å². The Morgan fingerprint density at radius 3 is 2.93 bits per heavy atom. The van der Waals surface area contributed by atoms with E-state index >= 15 is 0 Å². The Balaban J connectivity index is 2.82. The first kappa shape index (κ1) is 12.3. The summed E-state index contributed by atoms with van der Waals surface area (Å²) in [6.07, 6.45) is 3.93. The van der Waals surface area contributed by atoms with Crippen molar-refractivity contribution < 1.29 is 0 Å². The van der Waals surface area contributed by atoms with E-state index in [1.807, 2.05) is 37.0 Å². The molecule has 0 saturated carbocycles. The molecular formula is C11H19N3S. The van der Waals surface area contributed by atoms with Crippen LogP contribution >= 0.6 is 11.8 Å². The number of thioether (sulfide) groups is 1. The second kappa shape index (κ2) is 5.98. The number of aromatic nitrogens is 1. The number of hydrogen-bond acceptors (Lipinski definition) is 4. The van der Waals surface area contributed by atoms with Crippen LogP contribution in [0.2, 0.25) is 0 Å². The van der Waals surface area contributed by atoms with Crippen LogP contribution in [0, 0.1) is 0 Å². The highest BCUT2D eigenvalue weighted by atomic mass is 32.2. The van der Waals surface area contributed by atoms with Gasteiger partial charge < -0.3 is 10.6 Å². The van der Waals surface area contributed by atoms with Crippen LogP contribution in [-0.4, -0.2) is 30.6 Å². The van der Waals surface area contributed by atoms with E-state index in [0.717, 1.165) is 23.7 Å². The maximum atomic E-state index is 5.91. The minimum Gasteiger partial charge on any atom is -0.359 e. The molecule has 4 heteroatoms. The van der Waals surface area contributed by atoms with Gasteiger partial charge in [0, 0.05) is 37.1 Å². The van der Waals surface area contributed by atoms with E-state index < -0.39 is 0 Å². The summed E-state index contributed by atoms with van der Waals surface area (Å²) in [4.78, 5) is 6.55. The highest BCUT2D eigenvalue weighted by molar-refractivity contribution is 7.98. The van der Waals surface area contributed by atoms with Gasteiger partial charge in [-0.15, -0.1) is 0 Å². The molecule has 15 heavy (non-hydrogen) atoms. The molecule has 1 aromatic heterocycles. The van der Waals surface area contributed by atoms with Gasteiger partial charge in [0.05, 0.1) is 0 Å². The fourth-order valence-electron chi connectivity index (χ4n) is 1.42. The van der Waals surface area contributed by atoms with Crippen molar-refractivity contribution in [2.24, 2.45) is 5.73 Å². The highest BCUT2D eigenvalue weighted by Gasteiger charge is 2.10. The molecule has 0 aromatic carbocycles. The molecular weight excluding hydrogens is 206 g/mol. The number of anilines is 1. The summed E-state index contributed by atoms with van der Waals surface area (Å²) in [5.41, 5.74) is 7.02. The summed E-state index contributed by atoms with van der Waals surface area (Å²) in [6, 6.07) is 4.01. The third-order valence-corrected chi connectivity index (χ3v) is 2.89. The second-order valence-electron chi connectivity index (χ2n) is 3.62. The monoisotopic (exact) mass is 225 g/mol. The van der Waals surface area contributed by atoms with Gasteiger partial charge in [0.1, 0.15) is 5.82 Å². The molecule has 0 spiro atoms. The Bertz CT molecular complexity index is 302. The van der Waals surface area contributed by atoms with Crippen LogP contribution in [-0.2, 0) is 0 Å². The summed E-state index contributed by atoms with van der Waals surface area (Å²) >= 11 is 1.84. The Hall–Kier alpha value is -0.740. The normalized spacial score (nSPS) is 12.5. The lowest BCUT2D eigenvalue weighted by molar-refractivity contribution is 0.796. The standard InChI is InChI=1S/C11H19N3S/c1-9(12)10-5-4-6-13-11(10)14(2)7-8-15-3/h4-6,9H,7-8,12H2,1-3H3/t9-/m0/s1. The predicted octanol–water partition coefficient (Wildman–Crippen LogP) is 1.90. The molecule has 1 rings (SSSR count). The van der Waals surface area contributed by atoms with Gasteiger partial charge in [-0.2, -0.15) is 11.8 Å². The summed E-state index contributed by atoms with van der Waals surface area (Å²) < 4.78 is 0. The molecule has 0 bridgehead atoms. The summed E-state index contributed by atoms with van der Waals surface area (Å²) in [5, 5.41) is 0. The van der Waals surface area contributed by atoms with Crippen molar-refractivity contribution in [3.63, 3.8) is 0 Å². The molecule has 1 heterocycles. The van der Waals surface area contributed by atoms with Gasteiger partial charge in [-0.25, -0.2) is 4.98 Å². The fourth-order valence-corrected chi connectivity index (χ4v) is 1.87. The van der Waals surface area contributed by atoms with Crippen molar-refractivity contribution in [1.29, 1.82) is 0 Å². The number of rotatable bonds is 5. The number of nitrogens with two attached hydrogens (primary N) is 1. The van der Waals surface area contributed by atoms with E-state index in [9.17, 15) is 0 Å². The van der Waals surface area contributed by atoms with Gasteiger partial charge in [-0.3, -0.25) is 0 Å². The zero-order valence-corrected chi connectivity index (χ0v) is 10.4. The molecule has 84 valence electrons. The van der Waals surface area contributed by atoms with Crippen LogP contribution in [0.25, 0.3) is 0 Å². The summed E-state index contributed by atoms with van der Waals surface area (Å²) in [5.74, 6) is 2.10. The number of pyridine rings is 1. The fraction of sp³-hybridized carbons (Fsp3) is 0.545. The van der Waals surface area contributed by atoms with Gasteiger partial charge in [0.25, 0.3) is 0 Å². The SMILES string of the molecule is CSCCN(C)c1ncccc1[C@H](C)N. The Labute approximate surface area is 96.1 Å². The van der Waals surface area contributed by atoms with E-state index in [4.69, 9.17) is 5.73 Å². The zero-order valence-electron chi connectivity index (χ0n) is 9.60. The predicted molar refractivity (Wildman–Crippen MR) is 68.5 cm³/mol. The Kier molecular flexibility index (Phi) is 4.91. The van der Waals surface area contributed by atoms with Gasteiger partial charge >= 0.3 is 0 Å². The first-order chi connectivity index (χ1) is 7.16. The Morgan fingerprint density at radius 1 is 1.60 bits per heavy atom. The largest absolute Gasteiger partial charge is 0.359 e. The third-order valence-electron chi connectivity index (χ3n) is 2.30. The summed E-state index contributed by atoms with van der Waals surface area (Å²) in [7, 11) is 2.06. The quantitative estimate of drug-likeness (QED) is 0.831. The average Bonchev–Trinajstić information content (AvgIpc) is 2.25. The maximum Gasteiger partial charge on any atom is 0.133 e. The molecule has 0 amide bonds. The highest BCUT2D eigenvalue weighted by Crippen LogP contribution is 2.21. The molecule has 0 saturated heterocycles. The first-order valence-corrected chi connectivity index (χ1v) is 6.46. The van der Waals surface area contributed by atoms with E-state index in [2.05, 4.69) is 23.2 Å². The van der Waals surface area contributed by atoms with Crippen molar-refractivity contribution in [3.8, 4) is 0 Å². The van der Waals surface area contributed by atoms with E-state index in [-0.39, 0.29) is 6.04 Å². The summed E-state index contributed by atoms with van der Waals surface area (Å²) in [6.45, 7) is 2.99. The molecule has 1 aromatic rings.